The van der Waals surface area contributed by atoms with Gasteiger partial charge in [-0.05, 0) is 48.2 Å². The summed E-state index contributed by atoms with van der Waals surface area (Å²) in [6, 6.07) is 9.15. The van der Waals surface area contributed by atoms with E-state index in [1.165, 1.54) is 5.57 Å². The van der Waals surface area contributed by atoms with Crippen molar-refractivity contribution in [3.63, 3.8) is 0 Å². The number of halogens is 1. The Labute approximate surface area is 219 Å². The standard InChI is InChI=1S/C27H27BrN2O4S/c1-4-5-6-20-10-21-14-29-24-12-26(33-16-19-7-18(13-28)8-22(9-19)34-35)25(32-3)11-23(24)27(31)30(21)15-17(20)2/h4-9,11-12,14,21,35H,1,10,13,15-16H2,2-3H3/b6-5-. The lowest BCUT2D eigenvalue weighted by Crippen LogP contribution is -2.44. The first kappa shape index (κ1) is 25.1. The highest BCUT2D eigenvalue weighted by molar-refractivity contribution is 9.08. The van der Waals surface area contributed by atoms with Gasteiger partial charge in [0.25, 0.3) is 5.91 Å². The molecule has 0 aliphatic carbocycles. The van der Waals surface area contributed by atoms with E-state index in [0.717, 1.165) is 16.7 Å². The quantitative estimate of drug-likeness (QED) is 0.178. The molecule has 2 heterocycles. The molecule has 0 saturated heterocycles. The number of alkyl halides is 1. The fraction of sp³-hybridized carbons (Fsp3) is 0.259. The van der Waals surface area contributed by atoms with Gasteiger partial charge in [-0.2, -0.15) is 0 Å². The smallest absolute Gasteiger partial charge is 0.257 e. The molecule has 4 rings (SSSR count). The molecule has 8 heteroatoms. The first-order valence-corrected chi connectivity index (χ1v) is 12.6. The molecule has 0 bridgehead atoms. The molecule has 2 aromatic rings. The van der Waals surface area contributed by atoms with Crippen LogP contribution in [0.15, 0.2) is 71.3 Å². The summed E-state index contributed by atoms with van der Waals surface area (Å²) >= 11 is 7.38. The molecule has 2 aliphatic rings. The third kappa shape index (κ3) is 5.49. The van der Waals surface area contributed by atoms with Gasteiger partial charge in [0, 0.05) is 37.1 Å². The monoisotopic (exact) mass is 554 g/mol. The van der Waals surface area contributed by atoms with E-state index in [9.17, 15) is 4.79 Å². The number of thiol groups is 1. The Morgan fingerprint density at radius 3 is 2.74 bits per heavy atom. The highest BCUT2D eigenvalue weighted by atomic mass is 79.9. The number of amides is 1. The van der Waals surface area contributed by atoms with Gasteiger partial charge in [0.15, 0.2) is 11.5 Å². The summed E-state index contributed by atoms with van der Waals surface area (Å²) in [6.07, 6.45) is 8.29. The number of hydrogen-bond donors (Lipinski definition) is 1. The zero-order valence-corrected chi connectivity index (χ0v) is 22.1. The summed E-state index contributed by atoms with van der Waals surface area (Å²) in [5.41, 5.74) is 5.39. The lowest BCUT2D eigenvalue weighted by atomic mass is 9.94. The van der Waals surface area contributed by atoms with Crippen molar-refractivity contribution in [3.05, 3.63) is 83.0 Å². The molecule has 0 radical (unpaired) electrons. The summed E-state index contributed by atoms with van der Waals surface area (Å²) in [5.74, 6) is 1.55. The molecule has 0 fully saturated rings. The van der Waals surface area contributed by atoms with Crippen LogP contribution in [0.2, 0.25) is 0 Å². The van der Waals surface area contributed by atoms with Gasteiger partial charge in [-0.25, -0.2) is 0 Å². The molecule has 1 amide bonds. The van der Waals surface area contributed by atoms with E-state index in [1.807, 2.05) is 35.4 Å². The maximum Gasteiger partial charge on any atom is 0.257 e. The molecule has 0 aromatic heterocycles. The van der Waals surface area contributed by atoms with Crippen molar-refractivity contribution in [2.75, 3.05) is 13.7 Å². The zero-order valence-electron chi connectivity index (χ0n) is 19.7. The lowest BCUT2D eigenvalue weighted by molar-refractivity contribution is 0.0737. The van der Waals surface area contributed by atoms with E-state index < -0.39 is 0 Å². The number of nitrogens with zero attached hydrogens (tertiary/aromatic N) is 2. The number of carbonyl (C=O) groups is 1. The van der Waals surface area contributed by atoms with Gasteiger partial charge in [-0.1, -0.05) is 52.4 Å². The second kappa shape index (κ2) is 11.2. The number of carbonyl (C=O) groups excluding carboxylic acids is 1. The summed E-state index contributed by atoms with van der Waals surface area (Å²) in [5, 5.41) is 0.682. The van der Waals surface area contributed by atoms with Crippen LogP contribution < -0.4 is 13.7 Å². The molecule has 35 heavy (non-hydrogen) atoms. The normalized spacial score (nSPS) is 17.2. The van der Waals surface area contributed by atoms with Gasteiger partial charge in [0.1, 0.15) is 12.4 Å². The summed E-state index contributed by atoms with van der Waals surface area (Å²) in [6.45, 7) is 6.64. The number of fused-ring (bicyclic) bond motifs is 2. The zero-order chi connectivity index (χ0) is 24.9. The third-order valence-corrected chi connectivity index (χ3v) is 6.92. The van der Waals surface area contributed by atoms with Crippen LogP contribution in [0.3, 0.4) is 0 Å². The highest BCUT2D eigenvalue weighted by Gasteiger charge is 2.33. The second-order valence-electron chi connectivity index (χ2n) is 8.40. The first-order valence-electron chi connectivity index (χ1n) is 11.1. The Morgan fingerprint density at radius 2 is 2.03 bits per heavy atom. The molecule has 1 unspecified atom stereocenters. The van der Waals surface area contributed by atoms with Crippen LogP contribution in [0, 0.1) is 0 Å². The Balaban J connectivity index is 1.62. The molecule has 182 valence electrons. The number of allylic oxidation sites excluding steroid dienone is 3. The van der Waals surface area contributed by atoms with Gasteiger partial charge < -0.3 is 18.6 Å². The molecular formula is C27H27BrN2O4S. The molecule has 0 spiro atoms. The van der Waals surface area contributed by atoms with Gasteiger partial charge >= 0.3 is 0 Å². The molecule has 1 atom stereocenters. The third-order valence-electron chi connectivity index (χ3n) is 6.06. The average molecular weight is 555 g/mol. The van der Waals surface area contributed by atoms with Crippen LogP contribution in [-0.4, -0.2) is 36.7 Å². The van der Waals surface area contributed by atoms with Gasteiger partial charge in [0.2, 0.25) is 0 Å². The van der Waals surface area contributed by atoms with Crippen LogP contribution in [0.5, 0.6) is 17.2 Å². The Hall–Kier alpha value is -2.97. The van der Waals surface area contributed by atoms with E-state index in [0.29, 0.717) is 46.8 Å². The Kier molecular flexibility index (Phi) is 8.03. The van der Waals surface area contributed by atoms with Crippen molar-refractivity contribution in [1.82, 2.24) is 4.90 Å². The largest absolute Gasteiger partial charge is 0.493 e. The number of benzene rings is 2. The molecule has 6 nitrogen and oxygen atoms in total. The second-order valence-corrected chi connectivity index (χ2v) is 9.15. The lowest BCUT2D eigenvalue weighted by Gasteiger charge is -2.34. The predicted molar refractivity (Wildman–Crippen MR) is 146 cm³/mol. The fourth-order valence-corrected chi connectivity index (χ4v) is 4.69. The minimum Gasteiger partial charge on any atom is -0.493 e. The number of aliphatic imine (C=N–C) groups is 1. The number of rotatable bonds is 8. The number of hydrogen-bond acceptors (Lipinski definition) is 6. The predicted octanol–water partition coefficient (Wildman–Crippen LogP) is 6.38. The molecule has 2 aliphatic heterocycles. The van der Waals surface area contributed by atoms with Crippen LogP contribution >= 0.6 is 28.8 Å². The van der Waals surface area contributed by atoms with Crippen LogP contribution in [0.4, 0.5) is 5.69 Å². The van der Waals surface area contributed by atoms with Crippen molar-refractivity contribution in [2.24, 2.45) is 4.99 Å². The van der Waals surface area contributed by atoms with E-state index >= 15 is 0 Å². The minimum absolute atomic E-state index is 0.0703. The molecule has 2 aromatic carbocycles. The van der Waals surface area contributed by atoms with Crippen molar-refractivity contribution in [3.8, 4) is 17.2 Å². The van der Waals surface area contributed by atoms with Crippen LogP contribution in [0.25, 0.3) is 0 Å². The Bertz CT molecular complexity index is 1220. The Morgan fingerprint density at radius 1 is 1.23 bits per heavy atom. The maximum atomic E-state index is 13.5. The first-order chi connectivity index (χ1) is 17.0. The summed E-state index contributed by atoms with van der Waals surface area (Å²) in [7, 11) is 1.56. The SMILES string of the molecule is C=C/C=C\C1=C(C)CN2C(=O)c3cc(OC)c(OCc4cc(CBr)cc(OS)c4)cc3N=CC2C1. The maximum absolute atomic E-state index is 13.5. The van der Waals surface area contributed by atoms with Crippen molar-refractivity contribution in [2.45, 2.75) is 31.3 Å². The van der Waals surface area contributed by atoms with Crippen LogP contribution in [-0.2, 0) is 11.9 Å². The number of methoxy groups -OCH3 is 1. The number of ether oxygens (including phenoxy) is 2. The summed E-state index contributed by atoms with van der Waals surface area (Å²) in [4.78, 5) is 20.0. The topological polar surface area (TPSA) is 60.4 Å². The van der Waals surface area contributed by atoms with Gasteiger partial charge in [-0.15, -0.1) is 0 Å². The highest BCUT2D eigenvalue weighted by Crippen LogP contribution is 2.39. The van der Waals surface area contributed by atoms with E-state index in [2.05, 4.69) is 53.4 Å². The van der Waals surface area contributed by atoms with Gasteiger partial charge in [-0.3, -0.25) is 9.79 Å². The molecule has 0 saturated carbocycles. The van der Waals surface area contributed by atoms with Gasteiger partial charge in [0.05, 0.1) is 24.4 Å². The molecular weight excluding hydrogens is 528 g/mol. The van der Waals surface area contributed by atoms with E-state index in [4.69, 9.17) is 13.7 Å². The van der Waals surface area contributed by atoms with E-state index in [1.54, 1.807) is 25.3 Å². The molecule has 0 N–H and O–H groups in total. The van der Waals surface area contributed by atoms with Crippen molar-refractivity contribution in [1.29, 1.82) is 0 Å². The minimum atomic E-state index is -0.120. The van der Waals surface area contributed by atoms with Crippen LogP contribution in [0.1, 0.15) is 34.8 Å². The van der Waals surface area contributed by atoms with Crippen molar-refractivity contribution >= 4 is 46.6 Å². The van der Waals surface area contributed by atoms with Crippen molar-refractivity contribution < 1.29 is 18.5 Å². The summed E-state index contributed by atoms with van der Waals surface area (Å²) < 4.78 is 16.8. The average Bonchev–Trinajstić information content (AvgIpc) is 3.01. The van der Waals surface area contributed by atoms with E-state index in [-0.39, 0.29) is 18.6 Å². The fourth-order valence-electron chi connectivity index (χ4n) is 4.26.